The molecule has 2 aromatic carbocycles. The Bertz CT molecular complexity index is 806. The summed E-state index contributed by atoms with van der Waals surface area (Å²) >= 11 is 0. The van der Waals surface area contributed by atoms with E-state index in [1.807, 2.05) is 36.4 Å². The van der Waals surface area contributed by atoms with E-state index in [1.54, 1.807) is 0 Å². The average molecular weight is 351 g/mol. The maximum Gasteiger partial charge on any atom is 0.241 e. The van der Waals surface area contributed by atoms with Gasteiger partial charge in [-0.25, -0.2) is 0 Å². The molecule has 136 valence electrons. The summed E-state index contributed by atoms with van der Waals surface area (Å²) in [6, 6.07) is 13.7. The lowest BCUT2D eigenvalue weighted by atomic mass is 10.00. The molecule has 2 aliphatic heterocycles. The molecule has 0 saturated carbocycles. The normalized spacial score (nSPS) is 19.6. The number of nitrogens with two attached hydrogens (primary N) is 1. The minimum absolute atomic E-state index is 0.0764. The maximum atomic E-state index is 12.9. The first kappa shape index (κ1) is 16.9. The Morgan fingerprint density at radius 1 is 1.23 bits per heavy atom. The molecule has 4 rings (SSSR count). The third-order valence-electron chi connectivity index (χ3n) is 5.21. The zero-order chi connectivity index (χ0) is 17.9. The summed E-state index contributed by atoms with van der Waals surface area (Å²) in [6.45, 7) is 2.41. The van der Waals surface area contributed by atoms with Crippen molar-refractivity contribution in [1.82, 2.24) is 4.90 Å². The molecule has 0 spiro atoms. The predicted molar refractivity (Wildman–Crippen MR) is 103 cm³/mol. The number of amides is 1. The number of carbonyl (C=O) groups is 1. The van der Waals surface area contributed by atoms with Crippen LogP contribution in [0.1, 0.15) is 30.4 Å². The van der Waals surface area contributed by atoms with Gasteiger partial charge in [-0.05, 0) is 60.8 Å². The van der Waals surface area contributed by atoms with E-state index < -0.39 is 0 Å². The van der Waals surface area contributed by atoms with Crippen LogP contribution in [0.15, 0.2) is 42.5 Å². The summed E-state index contributed by atoms with van der Waals surface area (Å²) in [6.07, 6.45) is 4.01. The molecule has 0 radical (unpaired) electrons. The van der Waals surface area contributed by atoms with Gasteiger partial charge < -0.3 is 15.8 Å². The Morgan fingerprint density at radius 2 is 2.15 bits per heavy atom. The molecule has 0 aromatic heterocycles. The molecule has 1 atom stereocenters. The summed E-state index contributed by atoms with van der Waals surface area (Å²) in [7, 11) is 0. The van der Waals surface area contributed by atoms with Crippen molar-refractivity contribution in [1.29, 1.82) is 0 Å². The quantitative estimate of drug-likeness (QED) is 0.830. The van der Waals surface area contributed by atoms with Crippen molar-refractivity contribution in [2.75, 3.05) is 24.2 Å². The number of carbonyl (C=O) groups excluding carboxylic acids is 1. The molecule has 1 unspecified atom stereocenters. The molecule has 3 N–H and O–H groups in total. The topological polar surface area (TPSA) is 67.6 Å². The third kappa shape index (κ3) is 3.68. The van der Waals surface area contributed by atoms with E-state index in [0.29, 0.717) is 0 Å². The first-order valence-electron chi connectivity index (χ1n) is 9.34. The zero-order valence-corrected chi connectivity index (χ0v) is 14.9. The largest absolute Gasteiger partial charge is 0.493 e. The number of ether oxygens (including phenoxy) is 1. The summed E-state index contributed by atoms with van der Waals surface area (Å²) in [4.78, 5) is 15.2. The molecule has 1 amide bonds. The molecule has 26 heavy (non-hydrogen) atoms. The van der Waals surface area contributed by atoms with Gasteiger partial charge in [0, 0.05) is 24.3 Å². The van der Waals surface area contributed by atoms with Crippen molar-refractivity contribution in [2.24, 2.45) is 0 Å². The van der Waals surface area contributed by atoms with E-state index in [1.165, 1.54) is 5.56 Å². The van der Waals surface area contributed by atoms with E-state index in [-0.39, 0.29) is 11.9 Å². The van der Waals surface area contributed by atoms with Gasteiger partial charge >= 0.3 is 0 Å². The second-order valence-corrected chi connectivity index (χ2v) is 7.14. The molecule has 2 aliphatic rings. The van der Waals surface area contributed by atoms with E-state index in [0.717, 1.165) is 68.1 Å². The molecule has 5 heteroatoms. The van der Waals surface area contributed by atoms with Gasteiger partial charge in [-0.3, -0.25) is 9.69 Å². The molecular weight excluding hydrogens is 326 g/mol. The predicted octanol–water partition coefficient (Wildman–Crippen LogP) is 3.20. The van der Waals surface area contributed by atoms with E-state index in [9.17, 15) is 4.79 Å². The van der Waals surface area contributed by atoms with Gasteiger partial charge in [0.05, 0.1) is 12.6 Å². The van der Waals surface area contributed by atoms with Gasteiger partial charge in [-0.2, -0.15) is 0 Å². The average Bonchev–Trinajstić information content (AvgIpc) is 3.10. The Balaban J connectivity index is 1.46. The van der Waals surface area contributed by atoms with Gasteiger partial charge in [0.25, 0.3) is 0 Å². The first-order valence-corrected chi connectivity index (χ1v) is 9.34. The minimum Gasteiger partial charge on any atom is -0.493 e. The number of nitrogens with zero attached hydrogens (tertiary/aromatic N) is 1. The van der Waals surface area contributed by atoms with E-state index in [2.05, 4.69) is 16.3 Å². The van der Waals surface area contributed by atoms with Gasteiger partial charge in [0.1, 0.15) is 5.75 Å². The molecule has 2 heterocycles. The van der Waals surface area contributed by atoms with Gasteiger partial charge in [-0.1, -0.05) is 18.6 Å². The number of rotatable bonds is 4. The van der Waals surface area contributed by atoms with Crippen LogP contribution >= 0.6 is 0 Å². The summed E-state index contributed by atoms with van der Waals surface area (Å²) in [5.41, 5.74) is 9.84. The Hall–Kier alpha value is -2.53. The number of nitrogen functional groups attached to an aromatic ring is 1. The highest BCUT2D eigenvalue weighted by Crippen LogP contribution is 2.28. The SMILES string of the molecule is Nc1cccc(CN2CCCCC2C(=O)Nc2ccc3c(c2)CCO3)c1. The second-order valence-electron chi connectivity index (χ2n) is 7.14. The lowest BCUT2D eigenvalue weighted by Gasteiger charge is -2.34. The number of likely N-dealkylation sites (tertiary alicyclic amines) is 1. The van der Waals surface area contributed by atoms with E-state index >= 15 is 0 Å². The highest BCUT2D eigenvalue weighted by Gasteiger charge is 2.29. The Kier molecular flexibility index (Phi) is 4.80. The molecule has 0 bridgehead atoms. The fraction of sp³-hybridized carbons (Fsp3) is 0.381. The summed E-state index contributed by atoms with van der Waals surface area (Å²) in [5.74, 6) is 1.01. The fourth-order valence-corrected chi connectivity index (χ4v) is 3.89. The van der Waals surface area contributed by atoms with Gasteiger partial charge in [0.15, 0.2) is 0 Å². The van der Waals surface area contributed by atoms with Crippen LogP contribution in [0.3, 0.4) is 0 Å². The first-order chi connectivity index (χ1) is 12.7. The highest BCUT2D eigenvalue weighted by atomic mass is 16.5. The molecule has 0 aliphatic carbocycles. The van der Waals surface area contributed by atoms with Crippen LogP contribution in [0.25, 0.3) is 0 Å². The lowest BCUT2D eigenvalue weighted by molar-refractivity contribution is -0.122. The Morgan fingerprint density at radius 3 is 3.04 bits per heavy atom. The number of hydrogen-bond acceptors (Lipinski definition) is 4. The third-order valence-corrected chi connectivity index (χ3v) is 5.21. The van der Waals surface area contributed by atoms with Crippen LogP contribution in [-0.2, 0) is 17.8 Å². The summed E-state index contributed by atoms with van der Waals surface area (Å²) < 4.78 is 5.54. The standard InChI is InChI=1S/C21H25N3O2/c22-17-5-3-4-15(12-17)14-24-10-2-1-6-19(24)21(25)23-18-7-8-20-16(13-18)9-11-26-20/h3-5,7-8,12-13,19H,1-2,6,9-11,14,22H2,(H,23,25). The number of piperidine rings is 1. The molecular formula is C21H25N3O2. The van der Waals surface area contributed by atoms with E-state index in [4.69, 9.17) is 10.5 Å². The number of hydrogen-bond donors (Lipinski definition) is 2. The van der Waals surface area contributed by atoms with Crippen LogP contribution in [0.4, 0.5) is 11.4 Å². The van der Waals surface area contributed by atoms with Crippen molar-refractivity contribution in [3.05, 3.63) is 53.6 Å². The number of anilines is 2. The Labute approximate surface area is 154 Å². The van der Waals surface area contributed by atoms with Crippen LogP contribution in [0.5, 0.6) is 5.75 Å². The van der Waals surface area contributed by atoms with Crippen molar-refractivity contribution in [3.63, 3.8) is 0 Å². The molecule has 2 aromatic rings. The number of fused-ring (bicyclic) bond motifs is 1. The number of nitrogens with one attached hydrogen (secondary N) is 1. The molecule has 1 fully saturated rings. The van der Waals surface area contributed by atoms with Crippen LogP contribution < -0.4 is 15.8 Å². The molecule has 1 saturated heterocycles. The minimum atomic E-state index is -0.102. The van der Waals surface area contributed by atoms with Gasteiger partial charge in [-0.15, -0.1) is 0 Å². The van der Waals surface area contributed by atoms with Crippen molar-refractivity contribution in [3.8, 4) is 5.75 Å². The lowest BCUT2D eigenvalue weighted by Crippen LogP contribution is -2.46. The van der Waals surface area contributed by atoms with Crippen LogP contribution in [0, 0.1) is 0 Å². The van der Waals surface area contributed by atoms with Gasteiger partial charge in [0.2, 0.25) is 5.91 Å². The molecule has 5 nitrogen and oxygen atoms in total. The highest BCUT2D eigenvalue weighted by molar-refractivity contribution is 5.95. The van der Waals surface area contributed by atoms with Crippen molar-refractivity contribution in [2.45, 2.75) is 38.3 Å². The van der Waals surface area contributed by atoms with Crippen molar-refractivity contribution < 1.29 is 9.53 Å². The summed E-state index contributed by atoms with van der Waals surface area (Å²) in [5, 5.41) is 3.11. The maximum absolute atomic E-state index is 12.9. The van der Waals surface area contributed by atoms with Crippen molar-refractivity contribution >= 4 is 17.3 Å². The smallest absolute Gasteiger partial charge is 0.241 e. The monoisotopic (exact) mass is 351 g/mol. The van der Waals surface area contributed by atoms with Crippen LogP contribution in [0.2, 0.25) is 0 Å². The second kappa shape index (κ2) is 7.38. The number of benzene rings is 2. The fourth-order valence-electron chi connectivity index (χ4n) is 3.89. The zero-order valence-electron chi connectivity index (χ0n) is 14.9. The van der Waals surface area contributed by atoms with Crippen LogP contribution in [-0.4, -0.2) is 30.0 Å².